The summed E-state index contributed by atoms with van der Waals surface area (Å²) in [4.78, 5) is 63.6. The number of esters is 1. The van der Waals surface area contributed by atoms with Crippen molar-refractivity contribution in [3.8, 4) is 17.6 Å². The van der Waals surface area contributed by atoms with Gasteiger partial charge in [0.15, 0.2) is 12.4 Å². The van der Waals surface area contributed by atoms with Gasteiger partial charge in [-0.2, -0.15) is 0 Å². The van der Waals surface area contributed by atoms with Crippen molar-refractivity contribution >= 4 is 41.0 Å². The van der Waals surface area contributed by atoms with E-state index in [9.17, 15) is 29.3 Å². The van der Waals surface area contributed by atoms with Crippen LogP contribution >= 0.6 is 11.8 Å². The van der Waals surface area contributed by atoms with Gasteiger partial charge < -0.3 is 19.7 Å². The van der Waals surface area contributed by atoms with E-state index in [0.29, 0.717) is 11.3 Å². The van der Waals surface area contributed by atoms with Crippen molar-refractivity contribution in [3.05, 3.63) is 70.3 Å². The van der Waals surface area contributed by atoms with Crippen LogP contribution in [0.25, 0.3) is 0 Å². The van der Waals surface area contributed by atoms with E-state index < -0.39 is 45.4 Å². The topological polar surface area (TPSA) is 145 Å². The summed E-state index contributed by atoms with van der Waals surface area (Å²) >= 11 is 1.14. The Morgan fingerprint density at radius 3 is 2.55 bits per heavy atom. The number of hydrogen-bond acceptors (Lipinski definition) is 9. The van der Waals surface area contributed by atoms with E-state index in [1.165, 1.54) is 24.3 Å². The number of nitrogens with one attached hydrogen (secondary N) is 1. The maximum absolute atomic E-state index is 13.4. The fraction of sp³-hybridized carbons (Fsp3) is 0.308. The molecule has 0 radical (unpaired) electrons. The smallest absolute Gasteiger partial charge is 0.341 e. The first kappa shape index (κ1) is 26.7. The number of benzene rings is 2. The second-order valence-electron chi connectivity index (χ2n) is 8.44. The number of nitro groups is 1. The van der Waals surface area contributed by atoms with Gasteiger partial charge in [-0.25, -0.2) is 4.79 Å². The lowest BCUT2D eigenvalue weighted by Crippen LogP contribution is -2.81. The molecular weight excluding hydrogens is 514 g/mol. The first-order chi connectivity index (χ1) is 18.3. The first-order valence-electron chi connectivity index (χ1n) is 11.5. The summed E-state index contributed by atoms with van der Waals surface area (Å²) in [5, 5.41) is 12.8. The highest BCUT2D eigenvalue weighted by molar-refractivity contribution is 8.00. The van der Waals surface area contributed by atoms with E-state index >= 15 is 0 Å². The van der Waals surface area contributed by atoms with Crippen molar-refractivity contribution in [1.82, 2.24) is 10.2 Å². The fourth-order valence-electron chi connectivity index (χ4n) is 4.14. The van der Waals surface area contributed by atoms with Crippen LogP contribution in [0, 0.1) is 22.0 Å². The summed E-state index contributed by atoms with van der Waals surface area (Å²) in [6, 6.07) is 13.2. The Bertz CT molecular complexity index is 1320. The number of carbonyl (C=O) groups excluding carboxylic acids is 4. The zero-order valence-corrected chi connectivity index (χ0v) is 21.1. The normalized spacial score (nSPS) is 21.8. The highest BCUT2D eigenvalue weighted by Crippen LogP contribution is 2.44. The molecule has 12 heteroatoms. The number of rotatable bonds is 9. The zero-order valence-electron chi connectivity index (χ0n) is 20.2. The van der Waals surface area contributed by atoms with Gasteiger partial charge in [-0.05, 0) is 36.8 Å². The first-order valence-corrected chi connectivity index (χ1v) is 12.6. The maximum atomic E-state index is 13.4. The number of para-hydroxylation sites is 1. The molecule has 2 aliphatic heterocycles. The van der Waals surface area contributed by atoms with Crippen molar-refractivity contribution in [2.75, 3.05) is 12.4 Å². The molecule has 4 rings (SSSR count). The predicted octanol–water partition coefficient (Wildman–Crippen LogP) is 1.84. The third-order valence-electron chi connectivity index (χ3n) is 6.11. The summed E-state index contributed by atoms with van der Waals surface area (Å²) < 4.78 is 10.9. The Labute approximate surface area is 222 Å². The Hall–Kier alpha value is -4.37. The number of ketones is 1. The van der Waals surface area contributed by atoms with Gasteiger partial charge in [-0.3, -0.25) is 24.5 Å². The molecule has 2 aromatic carbocycles. The maximum Gasteiger partial charge on any atom is 0.341 e. The summed E-state index contributed by atoms with van der Waals surface area (Å²) in [5.41, 5.74) is -1.61. The van der Waals surface area contributed by atoms with Crippen LogP contribution in [0.1, 0.15) is 18.9 Å². The van der Waals surface area contributed by atoms with Crippen LogP contribution in [-0.2, 0) is 30.5 Å². The number of ether oxygens (including phenoxy) is 2. The van der Waals surface area contributed by atoms with Crippen molar-refractivity contribution in [1.29, 1.82) is 0 Å². The molecule has 2 saturated heterocycles. The molecule has 0 bridgehead atoms. The summed E-state index contributed by atoms with van der Waals surface area (Å²) in [6.45, 7) is 0.971. The van der Waals surface area contributed by atoms with Crippen molar-refractivity contribution < 1.29 is 33.6 Å². The van der Waals surface area contributed by atoms with E-state index in [1.807, 2.05) is 6.07 Å². The Morgan fingerprint density at radius 1 is 1.18 bits per heavy atom. The highest BCUT2D eigenvalue weighted by atomic mass is 32.2. The van der Waals surface area contributed by atoms with Gasteiger partial charge in [0.25, 0.3) is 17.5 Å². The van der Waals surface area contributed by atoms with Crippen LogP contribution in [0.5, 0.6) is 5.75 Å². The molecule has 1 N–H and O–H groups in total. The second-order valence-corrected chi connectivity index (χ2v) is 9.55. The molecule has 38 heavy (non-hydrogen) atoms. The van der Waals surface area contributed by atoms with Gasteiger partial charge >= 0.3 is 5.97 Å². The Balaban J connectivity index is 1.47. The SMILES string of the molecule is CC#CCC1(C(=O)OCc2ccc([N+](=O)[O-])cc2)C(=O)CS[C@@H]2[C@H](NC(=O)COc3ccccc3)C(=O)N21. The zero-order chi connectivity index (χ0) is 27.3. The van der Waals surface area contributed by atoms with Gasteiger partial charge in [0.1, 0.15) is 23.8 Å². The van der Waals surface area contributed by atoms with Gasteiger partial charge in [-0.15, -0.1) is 23.6 Å². The average molecular weight is 538 g/mol. The number of β-lactam (4-membered cyclic amide) rings is 1. The molecule has 0 saturated carbocycles. The van der Waals surface area contributed by atoms with Gasteiger partial charge in [0, 0.05) is 12.1 Å². The highest BCUT2D eigenvalue weighted by Gasteiger charge is 2.66. The second kappa shape index (κ2) is 11.4. The number of fused-ring (bicyclic) bond motifs is 1. The van der Waals surface area contributed by atoms with Crippen molar-refractivity contribution in [2.45, 2.75) is 36.9 Å². The number of non-ortho nitro benzene ring substituents is 1. The van der Waals surface area contributed by atoms with Crippen LogP contribution in [0.2, 0.25) is 0 Å². The number of hydrogen-bond donors (Lipinski definition) is 1. The Kier molecular flexibility index (Phi) is 7.97. The lowest BCUT2D eigenvalue weighted by molar-refractivity contribution is -0.384. The van der Waals surface area contributed by atoms with E-state index in [1.54, 1.807) is 31.2 Å². The van der Waals surface area contributed by atoms with Crippen LogP contribution < -0.4 is 10.1 Å². The minimum atomic E-state index is -1.96. The standard InChI is InChI=1S/C26H23N3O8S/c1-2-3-13-26(25(33)37-14-17-9-11-18(12-10-17)29(34)35)20(30)16-38-24-22(23(32)28(24)26)27-21(31)15-36-19-7-5-4-6-8-19/h4-12,22,24H,13-16H2,1H3,(H,27,31)/t22-,24-,26?/m1/s1. The largest absolute Gasteiger partial charge is 0.484 e. The van der Waals surface area contributed by atoms with Crippen LogP contribution in [0.3, 0.4) is 0 Å². The summed E-state index contributed by atoms with van der Waals surface area (Å²) in [6.07, 6.45) is -0.262. The molecule has 0 spiro atoms. The third-order valence-corrected chi connectivity index (χ3v) is 7.36. The number of carbonyl (C=O) groups is 4. The Morgan fingerprint density at radius 2 is 1.89 bits per heavy atom. The summed E-state index contributed by atoms with van der Waals surface area (Å²) in [5.74, 6) is 3.19. The lowest BCUT2D eigenvalue weighted by Gasteiger charge is -2.56. The molecule has 11 nitrogen and oxygen atoms in total. The molecule has 196 valence electrons. The van der Waals surface area contributed by atoms with Crippen molar-refractivity contribution in [2.24, 2.45) is 0 Å². The van der Waals surface area contributed by atoms with Crippen molar-refractivity contribution in [3.63, 3.8) is 0 Å². The summed E-state index contributed by atoms with van der Waals surface area (Å²) in [7, 11) is 0. The minimum Gasteiger partial charge on any atom is -0.484 e. The number of nitrogens with zero attached hydrogens (tertiary/aromatic N) is 2. The van der Waals surface area contributed by atoms with E-state index in [-0.39, 0.29) is 31.1 Å². The molecule has 3 atom stereocenters. The van der Waals surface area contributed by atoms with E-state index in [4.69, 9.17) is 9.47 Å². The monoisotopic (exact) mass is 537 g/mol. The molecular formula is C26H23N3O8S. The van der Waals surface area contributed by atoms with Gasteiger partial charge in [0.05, 0.1) is 17.1 Å². The minimum absolute atomic E-state index is 0.0840. The predicted molar refractivity (Wildman–Crippen MR) is 136 cm³/mol. The number of amides is 2. The van der Waals surface area contributed by atoms with Gasteiger partial charge in [-0.1, -0.05) is 18.2 Å². The molecule has 2 aliphatic rings. The molecule has 2 amide bonds. The lowest BCUT2D eigenvalue weighted by atomic mass is 9.83. The van der Waals surface area contributed by atoms with Crippen LogP contribution in [0.4, 0.5) is 5.69 Å². The number of thioether (sulfide) groups is 1. The number of Topliss-reactive ketones (excluding diaryl/α,β-unsaturated/α-hetero) is 1. The van der Waals surface area contributed by atoms with Crippen LogP contribution in [-0.4, -0.2) is 62.7 Å². The van der Waals surface area contributed by atoms with Gasteiger partial charge in [0.2, 0.25) is 5.54 Å². The molecule has 2 aromatic rings. The molecule has 0 aliphatic carbocycles. The number of nitro benzene ring substituents is 1. The molecule has 1 unspecified atom stereocenters. The molecule has 0 aromatic heterocycles. The average Bonchev–Trinajstić information content (AvgIpc) is 2.93. The van der Waals surface area contributed by atoms with E-state index in [0.717, 1.165) is 16.7 Å². The molecule has 2 heterocycles. The third kappa shape index (κ3) is 5.19. The molecule has 2 fully saturated rings. The quantitative estimate of drug-likeness (QED) is 0.126. The van der Waals surface area contributed by atoms with Crippen LogP contribution in [0.15, 0.2) is 54.6 Å². The fourth-order valence-corrected chi connectivity index (χ4v) is 5.51. The van der Waals surface area contributed by atoms with E-state index in [2.05, 4.69) is 17.2 Å².